The van der Waals surface area contributed by atoms with E-state index in [9.17, 15) is 0 Å². The van der Waals surface area contributed by atoms with Crippen LogP contribution in [-0.2, 0) is 0 Å². The van der Waals surface area contributed by atoms with E-state index in [1.54, 1.807) is 0 Å². The Bertz CT molecular complexity index is 372. The number of hydrogen-bond acceptors (Lipinski definition) is 2. The van der Waals surface area contributed by atoms with E-state index in [0.717, 1.165) is 10.6 Å². The van der Waals surface area contributed by atoms with Crippen LogP contribution in [0.3, 0.4) is 0 Å². The lowest BCUT2D eigenvalue weighted by Crippen LogP contribution is -2.32. The molecule has 1 aliphatic rings. The van der Waals surface area contributed by atoms with Crippen LogP contribution in [0.2, 0.25) is 0 Å². The van der Waals surface area contributed by atoms with Crippen LogP contribution < -0.4 is 15.9 Å². The summed E-state index contributed by atoms with van der Waals surface area (Å²) in [5, 5.41) is 4.76. The Morgan fingerprint density at radius 3 is 3.40 bits per heavy atom. The Morgan fingerprint density at radius 1 is 1.50 bits per heavy atom. The Kier molecular flexibility index (Phi) is 0.961. The lowest BCUT2D eigenvalue weighted by atomic mass is 10.3. The van der Waals surface area contributed by atoms with Gasteiger partial charge in [0.15, 0.2) is 0 Å². The van der Waals surface area contributed by atoms with Gasteiger partial charge in [0, 0.05) is 11.4 Å². The standard InChI is InChI=1S/C8H8N2/c1-2-4-8-7(3-1)5-9-6-10-8/h1-5,9H,6H2/i6D. The van der Waals surface area contributed by atoms with Crippen molar-refractivity contribution < 1.29 is 1.37 Å². The van der Waals surface area contributed by atoms with Gasteiger partial charge >= 0.3 is 0 Å². The number of fused-ring (bicyclic) bond motifs is 1. The van der Waals surface area contributed by atoms with Crippen molar-refractivity contribution in [2.75, 3.05) is 6.64 Å². The minimum absolute atomic E-state index is 0.537. The maximum absolute atomic E-state index is 7.29. The van der Waals surface area contributed by atoms with Gasteiger partial charge in [-0.2, -0.15) is 0 Å². The Balaban J connectivity index is 2.73. The largest absolute Gasteiger partial charge is 0.372 e. The normalized spacial score (nSPS) is 22.8. The minimum Gasteiger partial charge on any atom is -0.372 e. The van der Waals surface area contributed by atoms with Gasteiger partial charge in [-0.25, -0.2) is 0 Å². The molecule has 50 valence electrons. The van der Waals surface area contributed by atoms with Crippen LogP contribution in [-0.4, -0.2) is 6.64 Å². The molecule has 0 saturated carbocycles. The average Bonchev–Trinajstić information content (AvgIpc) is 2.04. The van der Waals surface area contributed by atoms with Gasteiger partial charge in [-0.1, -0.05) is 18.2 Å². The summed E-state index contributed by atoms with van der Waals surface area (Å²) in [4.78, 5) is 4.07. The number of rotatable bonds is 0. The third kappa shape index (κ3) is 0.778. The zero-order chi connectivity index (χ0) is 7.68. The minimum atomic E-state index is -0.537. The third-order valence-electron chi connectivity index (χ3n) is 1.45. The first-order valence-corrected chi connectivity index (χ1v) is 3.18. The van der Waals surface area contributed by atoms with Gasteiger partial charge in [0.2, 0.25) is 0 Å². The molecule has 1 heterocycles. The summed E-state index contributed by atoms with van der Waals surface area (Å²) in [6.07, 6.45) is 1.82. The van der Waals surface area contributed by atoms with Crippen LogP contribution in [0.1, 0.15) is 1.37 Å². The van der Waals surface area contributed by atoms with Gasteiger partial charge in [-0.15, -0.1) is 0 Å². The highest BCUT2D eigenvalue weighted by atomic mass is 15.0. The average molecular weight is 133 g/mol. The first kappa shape index (κ1) is 4.50. The predicted molar refractivity (Wildman–Crippen MR) is 39.7 cm³/mol. The molecule has 2 nitrogen and oxygen atoms in total. The van der Waals surface area contributed by atoms with E-state index in [4.69, 9.17) is 1.37 Å². The van der Waals surface area contributed by atoms with Crippen molar-refractivity contribution in [2.24, 2.45) is 4.99 Å². The van der Waals surface area contributed by atoms with Gasteiger partial charge in [0.25, 0.3) is 0 Å². The molecule has 1 unspecified atom stereocenters. The van der Waals surface area contributed by atoms with Crippen molar-refractivity contribution in [3.63, 3.8) is 0 Å². The van der Waals surface area contributed by atoms with E-state index in [2.05, 4.69) is 10.3 Å². The molecule has 0 saturated heterocycles. The molecule has 1 aromatic carbocycles. The maximum Gasteiger partial charge on any atom is 0.108 e. The van der Waals surface area contributed by atoms with E-state index in [0.29, 0.717) is 0 Å². The van der Waals surface area contributed by atoms with Crippen LogP contribution in [0.4, 0.5) is 0 Å². The van der Waals surface area contributed by atoms with Gasteiger partial charge in [-0.3, -0.25) is 4.99 Å². The smallest absolute Gasteiger partial charge is 0.108 e. The summed E-state index contributed by atoms with van der Waals surface area (Å²) >= 11 is 0. The summed E-state index contributed by atoms with van der Waals surface area (Å²) in [5.41, 5.74) is 0. The molecule has 1 aromatic rings. The van der Waals surface area contributed by atoms with Gasteiger partial charge in [-0.05, 0) is 6.07 Å². The number of benzene rings is 1. The van der Waals surface area contributed by atoms with Gasteiger partial charge < -0.3 is 5.32 Å². The van der Waals surface area contributed by atoms with E-state index in [1.807, 2.05) is 30.5 Å². The highest BCUT2D eigenvalue weighted by Gasteiger charge is 1.88. The Morgan fingerprint density at radius 2 is 2.40 bits per heavy atom. The molecule has 2 heteroatoms. The highest BCUT2D eigenvalue weighted by molar-refractivity contribution is 5.22. The summed E-state index contributed by atoms with van der Waals surface area (Å²) in [7, 11) is 0. The molecule has 1 aliphatic heterocycles. The first-order valence-electron chi connectivity index (χ1n) is 3.75. The fourth-order valence-corrected chi connectivity index (χ4v) is 0.961. The molecule has 0 radical (unpaired) electrons. The molecule has 0 fully saturated rings. The van der Waals surface area contributed by atoms with Crippen LogP contribution in [0.5, 0.6) is 0 Å². The molecule has 1 N–H and O–H groups in total. The lowest BCUT2D eigenvalue weighted by molar-refractivity contribution is 0.867. The third-order valence-corrected chi connectivity index (χ3v) is 1.45. The molecule has 0 bridgehead atoms. The first-order chi connectivity index (χ1) is 5.36. The van der Waals surface area contributed by atoms with Crippen molar-refractivity contribution in [2.45, 2.75) is 0 Å². The van der Waals surface area contributed by atoms with Crippen LogP contribution >= 0.6 is 0 Å². The second kappa shape index (κ2) is 2.14. The van der Waals surface area contributed by atoms with E-state index >= 15 is 0 Å². The molecule has 0 aromatic heterocycles. The summed E-state index contributed by atoms with van der Waals surface area (Å²) in [6.45, 7) is -0.537. The zero-order valence-corrected chi connectivity index (χ0v) is 5.41. The number of nitrogens with one attached hydrogen (secondary N) is 1. The van der Waals surface area contributed by atoms with E-state index < -0.39 is 6.64 Å². The summed E-state index contributed by atoms with van der Waals surface area (Å²) in [5.74, 6) is 0. The van der Waals surface area contributed by atoms with Crippen molar-refractivity contribution in [1.82, 2.24) is 5.32 Å². The number of para-hydroxylation sites is 1. The second-order valence-electron chi connectivity index (χ2n) is 2.13. The lowest BCUT2D eigenvalue weighted by Gasteiger charge is -2.00. The quantitative estimate of drug-likeness (QED) is 0.512. The van der Waals surface area contributed by atoms with Crippen molar-refractivity contribution in [3.8, 4) is 0 Å². The number of nitrogens with zero attached hydrogens (tertiary/aromatic N) is 1. The molecule has 1 atom stereocenters. The van der Waals surface area contributed by atoms with E-state index in [1.165, 1.54) is 0 Å². The van der Waals surface area contributed by atoms with Crippen molar-refractivity contribution >= 4 is 6.20 Å². The van der Waals surface area contributed by atoms with Crippen LogP contribution in [0, 0.1) is 0 Å². The summed E-state index contributed by atoms with van der Waals surface area (Å²) < 4.78 is 7.29. The zero-order valence-electron chi connectivity index (χ0n) is 6.41. The monoisotopic (exact) mass is 133 g/mol. The maximum atomic E-state index is 7.29. The molecular formula is C8H8N2. The molecule has 2 rings (SSSR count). The summed E-state index contributed by atoms with van der Waals surface area (Å²) in [6, 6.07) is 7.76. The Labute approximate surface area is 60.3 Å². The molecule has 0 spiro atoms. The topological polar surface area (TPSA) is 24.4 Å². The van der Waals surface area contributed by atoms with Crippen LogP contribution in [0.25, 0.3) is 6.20 Å². The fourth-order valence-electron chi connectivity index (χ4n) is 0.961. The highest BCUT2D eigenvalue weighted by Crippen LogP contribution is 1.74. The van der Waals surface area contributed by atoms with Gasteiger partial charge in [0.05, 0.1) is 6.73 Å². The molecule has 0 aliphatic carbocycles. The van der Waals surface area contributed by atoms with Crippen LogP contribution in [0.15, 0.2) is 29.3 Å². The predicted octanol–water partition coefficient (Wildman–Crippen LogP) is -0.395. The fraction of sp³-hybridized carbons (Fsp3) is 0.125. The van der Waals surface area contributed by atoms with E-state index in [-0.39, 0.29) is 0 Å². The van der Waals surface area contributed by atoms with Crippen molar-refractivity contribution in [1.29, 1.82) is 0 Å². The van der Waals surface area contributed by atoms with Crippen molar-refractivity contribution in [3.05, 3.63) is 34.8 Å². The Hall–Kier alpha value is -1.31. The SMILES string of the molecule is [2H]C1N=c2ccccc2=CN1. The van der Waals surface area contributed by atoms with Gasteiger partial charge in [0.1, 0.15) is 6.64 Å². The molecule has 10 heavy (non-hydrogen) atoms. The number of hydrogen-bond donors (Lipinski definition) is 1. The second-order valence-corrected chi connectivity index (χ2v) is 2.13. The molecular weight excluding hydrogens is 124 g/mol. The molecule has 0 amide bonds.